The summed E-state index contributed by atoms with van der Waals surface area (Å²) in [5.41, 5.74) is 14.4. The van der Waals surface area contributed by atoms with Gasteiger partial charge in [0.05, 0.1) is 11.0 Å². The van der Waals surface area contributed by atoms with E-state index in [1.807, 2.05) is 18.2 Å². The van der Waals surface area contributed by atoms with Crippen LogP contribution in [0.5, 0.6) is 0 Å². The molecule has 0 saturated heterocycles. The summed E-state index contributed by atoms with van der Waals surface area (Å²) in [6.07, 6.45) is 0. The summed E-state index contributed by atoms with van der Waals surface area (Å²) in [6, 6.07) is 47.9. The molecule has 0 unspecified atom stereocenters. The van der Waals surface area contributed by atoms with Crippen molar-refractivity contribution in [2.24, 2.45) is 0 Å². The molecule has 10 rings (SSSR count). The SMILES string of the molecule is CC1(C)c2ccccc2-c2ccc(-c3nc(-c4ccccc4)nc(-n4c5ccccc5c5cc6c(cc54)-c4ccccc4C6(C)C)n3)cc21. The number of nitrogens with zero attached hydrogens (tertiary/aromatic N) is 4. The van der Waals surface area contributed by atoms with Gasteiger partial charge in [-0.3, -0.25) is 4.57 Å². The molecule has 0 N–H and O–H groups in total. The maximum atomic E-state index is 5.30. The van der Waals surface area contributed by atoms with Crippen LogP contribution in [0.1, 0.15) is 49.9 Å². The Balaban J connectivity index is 1.24. The molecule has 4 heteroatoms. The summed E-state index contributed by atoms with van der Waals surface area (Å²) >= 11 is 0. The Kier molecular flexibility index (Phi) is 5.65. The third-order valence-electron chi connectivity index (χ3n) is 11.1. The van der Waals surface area contributed by atoms with Crippen molar-refractivity contribution in [3.05, 3.63) is 156 Å². The molecule has 2 aromatic heterocycles. The van der Waals surface area contributed by atoms with Gasteiger partial charge in [0.1, 0.15) is 0 Å². The summed E-state index contributed by atoms with van der Waals surface area (Å²) in [7, 11) is 0. The Labute approximate surface area is 285 Å². The first-order valence-corrected chi connectivity index (χ1v) is 17.0. The quantitative estimate of drug-likeness (QED) is 0.195. The van der Waals surface area contributed by atoms with E-state index in [1.165, 1.54) is 55.3 Å². The molecule has 0 aliphatic heterocycles. The number of para-hydroxylation sites is 1. The highest BCUT2D eigenvalue weighted by Gasteiger charge is 2.37. The van der Waals surface area contributed by atoms with E-state index in [0.717, 1.165) is 22.2 Å². The maximum Gasteiger partial charge on any atom is 0.238 e. The second-order valence-corrected chi connectivity index (χ2v) is 14.5. The number of hydrogen-bond acceptors (Lipinski definition) is 3. The minimum Gasteiger partial charge on any atom is -0.278 e. The van der Waals surface area contributed by atoms with Crippen LogP contribution in [-0.4, -0.2) is 19.5 Å². The normalized spacial score (nSPS) is 14.9. The molecule has 0 radical (unpaired) electrons. The lowest BCUT2D eigenvalue weighted by atomic mass is 9.82. The van der Waals surface area contributed by atoms with Crippen LogP contribution in [0.3, 0.4) is 0 Å². The molecule has 6 aromatic carbocycles. The van der Waals surface area contributed by atoms with E-state index in [4.69, 9.17) is 15.0 Å². The molecule has 0 bridgehead atoms. The van der Waals surface area contributed by atoms with Gasteiger partial charge in [-0.05, 0) is 68.8 Å². The third kappa shape index (κ3) is 3.89. The first-order chi connectivity index (χ1) is 23.8. The van der Waals surface area contributed by atoms with Crippen LogP contribution < -0.4 is 0 Å². The first-order valence-electron chi connectivity index (χ1n) is 17.0. The zero-order chi connectivity index (χ0) is 33.1. The highest BCUT2D eigenvalue weighted by Crippen LogP contribution is 2.51. The highest BCUT2D eigenvalue weighted by atomic mass is 15.2. The predicted octanol–water partition coefficient (Wildman–Crippen LogP) is 10.9. The second-order valence-electron chi connectivity index (χ2n) is 14.5. The fraction of sp³-hybridized carbons (Fsp3) is 0.133. The topological polar surface area (TPSA) is 43.6 Å². The van der Waals surface area contributed by atoms with Crippen molar-refractivity contribution < 1.29 is 0 Å². The van der Waals surface area contributed by atoms with Crippen LogP contribution in [0.25, 0.3) is 72.8 Å². The molecule has 0 spiro atoms. The molecule has 49 heavy (non-hydrogen) atoms. The molecule has 0 saturated carbocycles. The monoisotopic (exact) mass is 630 g/mol. The molecule has 4 nitrogen and oxygen atoms in total. The van der Waals surface area contributed by atoms with E-state index in [1.54, 1.807) is 0 Å². The Morgan fingerprint density at radius 2 is 0.980 bits per heavy atom. The van der Waals surface area contributed by atoms with Crippen LogP contribution in [0.15, 0.2) is 133 Å². The number of fused-ring (bicyclic) bond motifs is 9. The zero-order valence-corrected chi connectivity index (χ0v) is 28.0. The Bertz CT molecular complexity index is 2660. The van der Waals surface area contributed by atoms with E-state index in [0.29, 0.717) is 17.6 Å². The van der Waals surface area contributed by atoms with Crippen LogP contribution in [-0.2, 0) is 10.8 Å². The average molecular weight is 631 g/mol. The Hall–Kier alpha value is -5.87. The smallest absolute Gasteiger partial charge is 0.238 e. The standard InChI is InChI=1S/C45H34N4/c1-44(2)35-19-11-8-16-29(35)31-23-22-28(24-37(31)44)42-46-41(27-14-6-5-7-15-27)47-43(48-42)49-39-21-13-10-18-32(39)34-25-38-33(26-40(34)49)30-17-9-12-20-36(30)45(38,3)4/h5-26H,1-4H3. The van der Waals surface area contributed by atoms with Gasteiger partial charge in [0.15, 0.2) is 11.6 Å². The molecular weight excluding hydrogens is 597 g/mol. The third-order valence-corrected chi connectivity index (χ3v) is 11.1. The van der Waals surface area contributed by atoms with E-state index < -0.39 is 0 Å². The first kappa shape index (κ1) is 28.2. The summed E-state index contributed by atoms with van der Waals surface area (Å²) in [4.78, 5) is 15.7. The van der Waals surface area contributed by atoms with Crippen molar-refractivity contribution in [1.82, 2.24) is 19.5 Å². The van der Waals surface area contributed by atoms with Gasteiger partial charge in [-0.1, -0.05) is 137 Å². The van der Waals surface area contributed by atoms with Crippen molar-refractivity contribution in [3.63, 3.8) is 0 Å². The average Bonchev–Trinajstić information content (AvgIpc) is 3.67. The molecule has 0 atom stereocenters. The van der Waals surface area contributed by atoms with Gasteiger partial charge in [-0.15, -0.1) is 0 Å². The summed E-state index contributed by atoms with van der Waals surface area (Å²) in [5.74, 6) is 1.93. The molecule has 2 heterocycles. The lowest BCUT2D eigenvalue weighted by molar-refractivity contribution is 0.660. The van der Waals surface area contributed by atoms with Crippen molar-refractivity contribution in [3.8, 4) is 51.0 Å². The van der Waals surface area contributed by atoms with Crippen molar-refractivity contribution in [2.75, 3.05) is 0 Å². The number of benzene rings is 6. The molecule has 8 aromatic rings. The Morgan fingerprint density at radius 1 is 0.408 bits per heavy atom. The van der Waals surface area contributed by atoms with Crippen LogP contribution in [0, 0.1) is 0 Å². The van der Waals surface area contributed by atoms with Crippen LogP contribution in [0.2, 0.25) is 0 Å². The minimum atomic E-state index is -0.128. The highest BCUT2D eigenvalue weighted by molar-refractivity contribution is 6.11. The summed E-state index contributed by atoms with van der Waals surface area (Å²) < 4.78 is 2.24. The largest absolute Gasteiger partial charge is 0.278 e. The second kappa shape index (κ2) is 9.83. The van der Waals surface area contributed by atoms with Gasteiger partial charge >= 0.3 is 0 Å². The molecular formula is C45H34N4. The van der Waals surface area contributed by atoms with Gasteiger partial charge in [-0.25, -0.2) is 4.98 Å². The molecule has 2 aliphatic rings. The summed E-state index contributed by atoms with van der Waals surface area (Å²) in [6.45, 7) is 9.30. The van der Waals surface area contributed by atoms with Gasteiger partial charge < -0.3 is 0 Å². The lowest BCUT2D eigenvalue weighted by Gasteiger charge is -2.22. The van der Waals surface area contributed by atoms with Gasteiger partial charge in [-0.2, -0.15) is 9.97 Å². The molecule has 0 fully saturated rings. The van der Waals surface area contributed by atoms with Crippen molar-refractivity contribution >= 4 is 21.8 Å². The molecule has 2 aliphatic carbocycles. The summed E-state index contributed by atoms with van der Waals surface area (Å²) in [5, 5.41) is 2.39. The van der Waals surface area contributed by atoms with Crippen molar-refractivity contribution in [2.45, 2.75) is 38.5 Å². The minimum absolute atomic E-state index is 0.0921. The van der Waals surface area contributed by atoms with E-state index in [9.17, 15) is 0 Å². The number of rotatable bonds is 3. The van der Waals surface area contributed by atoms with Crippen LogP contribution in [0.4, 0.5) is 0 Å². The predicted molar refractivity (Wildman–Crippen MR) is 200 cm³/mol. The van der Waals surface area contributed by atoms with Gasteiger partial charge in [0.2, 0.25) is 5.95 Å². The van der Waals surface area contributed by atoms with E-state index in [-0.39, 0.29) is 10.8 Å². The molecule has 234 valence electrons. The van der Waals surface area contributed by atoms with Crippen LogP contribution >= 0.6 is 0 Å². The van der Waals surface area contributed by atoms with Gasteiger partial charge in [0.25, 0.3) is 0 Å². The number of aromatic nitrogens is 4. The maximum absolute atomic E-state index is 5.30. The fourth-order valence-electron chi connectivity index (χ4n) is 8.53. The van der Waals surface area contributed by atoms with E-state index in [2.05, 4.69) is 148 Å². The fourth-order valence-corrected chi connectivity index (χ4v) is 8.53. The molecule has 0 amide bonds. The van der Waals surface area contributed by atoms with E-state index >= 15 is 0 Å². The lowest BCUT2D eigenvalue weighted by Crippen LogP contribution is -2.15. The van der Waals surface area contributed by atoms with Crippen molar-refractivity contribution in [1.29, 1.82) is 0 Å². The Morgan fingerprint density at radius 3 is 1.71 bits per heavy atom. The zero-order valence-electron chi connectivity index (χ0n) is 28.0. The number of hydrogen-bond donors (Lipinski definition) is 0. The van der Waals surface area contributed by atoms with Gasteiger partial charge in [0, 0.05) is 32.7 Å².